The molecular weight excluding hydrogens is 438 g/mol. The molecule has 170 valence electrons. The first kappa shape index (κ1) is 22.7. The van der Waals surface area contributed by atoms with Crippen molar-refractivity contribution in [3.8, 4) is 5.69 Å². The molecular formula is C24H25N5O3S. The molecule has 1 saturated heterocycles. The number of piperidine rings is 1. The molecule has 3 aromatic rings. The largest absolute Gasteiger partial charge is 0.325 e. The van der Waals surface area contributed by atoms with E-state index < -0.39 is 0 Å². The number of carbonyl (C=O) groups excluding carboxylic acids is 3. The van der Waals surface area contributed by atoms with Crippen molar-refractivity contribution in [3.63, 3.8) is 0 Å². The summed E-state index contributed by atoms with van der Waals surface area (Å²) in [5.41, 5.74) is 3.30. The zero-order chi connectivity index (χ0) is 23.4. The fraction of sp³-hybridized carbons (Fsp3) is 0.292. The lowest BCUT2D eigenvalue weighted by molar-refractivity contribution is -0.129. The minimum atomic E-state index is -0.192. The maximum atomic E-state index is 12.5. The highest BCUT2D eigenvalue weighted by Gasteiger charge is 2.27. The second-order valence-electron chi connectivity index (χ2n) is 8.09. The van der Waals surface area contributed by atoms with Crippen LogP contribution in [-0.4, -0.2) is 38.2 Å². The molecule has 3 amide bonds. The highest BCUT2D eigenvalue weighted by atomic mass is 32.2. The summed E-state index contributed by atoms with van der Waals surface area (Å²) in [6.07, 6.45) is 2.96. The second-order valence-corrected chi connectivity index (χ2v) is 9.03. The number of amides is 3. The van der Waals surface area contributed by atoms with E-state index in [2.05, 4.69) is 41.5 Å². The van der Waals surface area contributed by atoms with Gasteiger partial charge in [0.1, 0.15) is 6.33 Å². The summed E-state index contributed by atoms with van der Waals surface area (Å²) in [6, 6.07) is 14.9. The van der Waals surface area contributed by atoms with Gasteiger partial charge in [-0.05, 0) is 54.3 Å². The number of benzene rings is 2. The number of anilines is 2. The molecule has 0 saturated carbocycles. The average Bonchev–Trinajstić information content (AvgIpc) is 3.27. The minimum Gasteiger partial charge on any atom is -0.325 e. The van der Waals surface area contributed by atoms with Crippen molar-refractivity contribution < 1.29 is 14.4 Å². The van der Waals surface area contributed by atoms with Gasteiger partial charge in [0.05, 0.1) is 11.4 Å². The first-order valence-electron chi connectivity index (χ1n) is 10.8. The maximum Gasteiger partial charge on any atom is 0.234 e. The molecule has 0 unspecified atom stereocenters. The van der Waals surface area contributed by atoms with Crippen molar-refractivity contribution in [2.75, 3.05) is 16.0 Å². The van der Waals surface area contributed by atoms with Gasteiger partial charge in [0.25, 0.3) is 0 Å². The molecule has 9 heteroatoms. The van der Waals surface area contributed by atoms with Gasteiger partial charge in [0.15, 0.2) is 5.16 Å². The van der Waals surface area contributed by atoms with Crippen LogP contribution in [0.15, 0.2) is 60.0 Å². The Morgan fingerprint density at radius 3 is 2.27 bits per heavy atom. The molecule has 0 radical (unpaired) electrons. The number of hydrogen-bond donors (Lipinski definition) is 1. The van der Waals surface area contributed by atoms with Crippen LogP contribution < -0.4 is 10.2 Å². The average molecular weight is 464 g/mol. The molecule has 4 rings (SSSR count). The Hall–Kier alpha value is -3.46. The molecule has 2 aromatic carbocycles. The van der Waals surface area contributed by atoms with Crippen molar-refractivity contribution >= 4 is 40.9 Å². The lowest BCUT2D eigenvalue weighted by Crippen LogP contribution is -2.40. The SMILES string of the molecule is CC(C)c1ccc(-n2cnnc2SCC(=O)Nc2ccc(N3C(=O)CCCC3=O)cc2)cc1. The van der Waals surface area contributed by atoms with Gasteiger partial charge in [-0.2, -0.15) is 0 Å². The van der Waals surface area contributed by atoms with Crippen molar-refractivity contribution in [3.05, 3.63) is 60.4 Å². The van der Waals surface area contributed by atoms with E-state index in [9.17, 15) is 14.4 Å². The third-order valence-electron chi connectivity index (χ3n) is 5.38. The molecule has 0 spiro atoms. The number of rotatable bonds is 7. The molecule has 0 bridgehead atoms. The quantitative estimate of drug-likeness (QED) is 0.417. The van der Waals surface area contributed by atoms with E-state index in [1.54, 1.807) is 30.6 Å². The van der Waals surface area contributed by atoms with Crippen LogP contribution in [0.25, 0.3) is 5.69 Å². The first-order chi connectivity index (χ1) is 15.9. The van der Waals surface area contributed by atoms with Crippen LogP contribution in [0.4, 0.5) is 11.4 Å². The third-order valence-corrected chi connectivity index (χ3v) is 6.32. The van der Waals surface area contributed by atoms with Gasteiger partial charge in [-0.3, -0.25) is 23.9 Å². The van der Waals surface area contributed by atoms with E-state index in [0.29, 0.717) is 41.7 Å². The molecule has 2 heterocycles. The van der Waals surface area contributed by atoms with Crippen LogP contribution >= 0.6 is 11.8 Å². The standard InChI is InChI=1S/C24H25N5O3S/c1-16(2)17-6-10-19(11-7-17)28-15-25-27-24(28)33-14-21(30)26-18-8-12-20(13-9-18)29-22(31)4-3-5-23(29)32/h6-13,15-16H,3-5,14H2,1-2H3,(H,26,30). The van der Waals surface area contributed by atoms with Gasteiger partial charge in [-0.15, -0.1) is 10.2 Å². The zero-order valence-corrected chi connectivity index (χ0v) is 19.3. The predicted octanol–water partition coefficient (Wildman–Crippen LogP) is 4.17. The number of hydrogen-bond acceptors (Lipinski definition) is 6. The normalized spacial score (nSPS) is 14.1. The summed E-state index contributed by atoms with van der Waals surface area (Å²) in [6.45, 7) is 4.29. The Balaban J connectivity index is 1.35. The van der Waals surface area contributed by atoms with Crippen LogP contribution in [-0.2, 0) is 14.4 Å². The minimum absolute atomic E-state index is 0.160. The monoisotopic (exact) mass is 463 g/mol. The first-order valence-corrected chi connectivity index (χ1v) is 11.8. The van der Waals surface area contributed by atoms with Crippen LogP contribution in [0.1, 0.15) is 44.6 Å². The summed E-state index contributed by atoms with van der Waals surface area (Å²) in [4.78, 5) is 37.8. The topological polar surface area (TPSA) is 97.2 Å². The van der Waals surface area contributed by atoms with Crippen molar-refractivity contribution in [2.24, 2.45) is 0 Å². The smallest absolute Gasteiger partial charge is 0.234 e. The van der Waals surface area contributed by atoms with Crippen molar-refractivity contribution in [2.45, 2.75) is 44.2 Å². The van der Waals surface area contributed by atoms with E-state index in [1.165, 1.54) is 22.2 Å². The van der Waals surface area contributed by atoms with Crippen molar-refractivity contribution in [1.82, 2.24) is 14.8 Å². The van der Waals surface area contributed by atoms with Gasteiger partial charge in [-0.25, -0.2) is 0 Å². The summed E-state index contributed by atoms with van der Waals surface area (Å²) < 4.78 is 1.85. The third kappa shape index (κ3) is 5.31. The van der Waals surface area contributed by atoms with Gasteiger partial charge < -0.3 is 5.32 Å². The summed E-state index contributed by atoms with van der Waals surface area (Å²) >= 11 is 1.29. The predicted molar refractivity (Wildman–Crippen MR) is 128 cm³/mol. The van der Waals surface area contributed by atoms with E-state index >= 15 is 0 Å². The van der Waals surface area contributed by atoms with Gasteiger partial charge in [0.2, 0.25) is 17.7 Å². The lowest BCUT2D eigenvalue weighted by Gasteiger charge is -2.24. The van der Waals surface area contributed by atoms with Crippen molar-refractivity contribution in [1.29, 1.82) is 0 Å². The van der Waals surface area contributed by atoms with Gasteiger partial charge in [0, 0.05) is 24.2 Å². The Kier molecular flexibility index (Phi) is 6.88. The molecule has 1 N–H and O–H groups in total. The van der Waals surface area contributed by atoms with Crippen LogP contribution in [0.5, 0.6) is 0 Å². The summed E-state index contributed by atoms with van der Waals surface area (Å²) in [7, 11) is 0. The van der Waals surface area contributed by atoms with Crippen LogP contribution in [0.2, 0.25) is 0 Å². The Bertz CT molecular complexity index is 1140. The number of nitrogens with one attached hydrogen (secondary N) is 1. The Labute approximate surface area is 196 Å². The zero-order valence-electron chi connectivity index (χ0n) is 18.5. The molecule has 1 fully saturated rings. The number of thioether (sulfide) groups is 1. The second kappa shape index (κ2) is 9.99. The molecule has 1 aliphatic rings. The van der Waals surface area contributed by atoms with E-state index in [-0.39, 0.29) is 23.5 Å². The summed E-state index contributed by atoms with van der Waals surface area (Å²) in [5, 5.41) is 11.6. The summed E-state index contributed by atoms with van der Waals surface area (Å²) in [5.74, 6) is 0.0351. The molecule has 1 aromatic heterocycles. The van der Waals surface area contributed by atoms with E-state index in [0.717, 1.165) is 5.69 Å². The Morgan fingerprint density at radius 2 is 1.64 bits per heavy atom. The maximum absolute atomic E-state index is 12.5. The van der Waals surface area contributed by atoms with Crippen LogP contribution in [0.3, 0.4) is 0 Å². The molecule has 1 aliphatic heterocycles. The number of carbonyl (C=O) groups is 3. The van der Waals surface area contributed by atoms with Gasteiger partial charge >= 0.3 is 0 Å². The van der Waals surface area contributed by atoms with Gasteiger partial charge in [-0.1, -0.05) is 37.7 Å². The molecule has 0 aliphatic carbocycles. The fourth-order valence-corrected chi connectivity index (χ4v) is 4.31. The fourth-order valence-electron chi connectivity index (χ4n) is 3.58. The molecule has 8 nitrogen and oxygen atoms in total. The molecule has 33 heavy (non-hydrogen) atoms. The number of imide groups is 1. The highest BCUT2D eigenvalue weighted by Crippen LogP contribution is 2.25. The highest BCUT2D eigenvalue weighted by molar-refractivity contribution is 7.99. The van der Waals surface area contributed by atoms with E-state index in [4.69, 9.17) is 0 Å². The van der Waals surface area contributed by atoms with Crippen LogP contribution in [0, 0.1) is 0 Å². The number of nitrogens with zero attached hydrogens (tertiary/aromatic N) is 4. The Morgan fingerprint density at radius 1 is 1.00 bits per heavy atom. The number of aromatic nitrogens is 3. The lowest BCUT2D eigenvalue weighted by atomic mass is 10.0. The molecule has 0 atom stereocenters. The van der Waals surface area contributed by atoms with E-state index in [1.807, 2.05) is 16.7 Å².